The minimum Gasteiger partial charge on any atom is -0.478 e. The number of rotatable bonds is 5. The molecular weight excluding hydrogens is 314 g/mol. The number of anilines is 1. The van der Waals surface area contributed by atoms with Crippen LogP contribution in [0.4, 0.5) is 5.82 Å². The predicted octanol–water partition coefficient (Wildman–Crippen LogP) is 4.07. The van der Waals surface area contributed by atoms with Gasteiger partial charge in [0.05, 0.1) is 5.56 Å². The number of aryl methyl sites for hydroxylation is 2. The van der Waals surface area contributed by atoms with E-state index in [1.807, 2.05) is 56.3 Å². The number of carboxylic acids is 1. The van der Waals surface area contributed by atoms with Crippen molar-refractivity contribution in [1.82, 2.24) is 9.97 Å². The highest BCUT2D eigenvalue weighted by molar-refractivity contribution is 5.95. The zero-order valence-electron chi connectivity index (χ0n) is 14.2. The number of nitrogens with one attached hydrogen (secondary N) is 1. The van der Waals surface area contributed by atoms with Crippen molar-refractivity contribution in [3.63, 3.8) is 0 Å². The molecule has 0 saturated carbocycles. The Morgan fingerprint density at radius 1 is 1.04 bits per heavy atom. The summed E-state index contributed by atoms with van der Waals surface area (Å²) in [6.07, 6.45) is 0. The van der Waals surface area contributed by atoms with Crippen LogP contribution in [0.1, 0.15) is 27.4 Å². The Labute approximate surface area is 146 Å². The summed E-state index contributed by atoms with van der Waals surface area (Å²) in [5.41, 5.74) is 3.92. The molecule has 126 valence electrons. The topological polar surface area (TPSA) is 75.1 Å². The van der Waals surface area contributed by atoms with Crippen LogP contribution in [0, 0.1) is 13.8 Å². The van der Waals surface area contributed by atoms with Gasteiger partial charge in [0.25, 0.3) is 0 Å². The molecule has 0 atom stereocenters. The van der Waals surface area contributed by atoms with E-state index in [4.69, 9.17) is 0 Å². The van der Waals surface area contributed by atoms with Crippen LogP contribution in [0.25, 0.3) is 11.1 Å². The summed E-state index contributed by atoms with van der Waals surface area (Å²) in [5, 5.41) is 12.6. The SMILES string of the molecule is Cc1cc(NCc2ccc(-c3ccccc3C(=O)O)cc2)nc(C)n1. The number of carboxylic acid groups (broad SMARTS) is 1. The maximum Gasteiger partial charge on any atom is 0.336 e. The van der Waals surface area contributed by atoms with E-state index >= 15 is 0 Å². The van der Waals surface area contributed by atoms with Crippen molar-refractivity contribution in [1.29, 1.82) is 0 Å². The summed E-state index contributed by atoms with van der Waals surface area (Å²) in [5.74, 6) is 0.615. The van der Waals surface area contributed by atoms with E-state index in [-0.39, 0.29) is 0 Å². The number of hydrogen-bond acceptors (Lipinski definition) is 4. The van der Waals surface area contributed by atoms with Crippen LogP contribution in [0.15, 0.2) is 54.6 Å². The Hall–Kier alpha value is -3.21. The third-order valence-corrected chi connectivity index (χ3v) is 3.86. The lowest BCUT2D eigenvalue weighted by Gasteiger charge is -2.09. The second-order valence-electron chi connectivity index (χ2n) is 5.84. The molecule has 0 spiro atoms. The third kappa shape index (κ3) is 4.01. The van der Waals surface area contributed by atoms with Crippen LogP contribution < -0.4 is 5.32 Å². The molecule has 0 bridgehead atoms. The van der Waals surface area contributed by atoms with E-state index in [0.29, 0.717) is 12.1 Å². The van der Waals surface area contributed by atoms with Crippen molar-refractivity contribution in [3.8, 4) is 11.1 Å². The number of nitrogens with zero attached hydrogens (tertiary/aromatic N) is 2. The molecule has 0 fully saturated rings. The van der Waals surface area contributed by atoms with Gasteiger partial charge in [-0.3, -0.25) is 0 Å². The fourth-order valence-electron chi connectivity index (χ4n) is 2.72. The zero-order valence-corrected chi connectivity index (χ0v) is 14.2. The van der Waals surface area contributed by atoms with E-state index in [1.54, 1.807) is 12.1 Å². The second-order valence-corrected chi connectivity index (χ2v) is 5.84. The molecule has 2 N–H and O–H groups in total. The lowest BCUT2D eigenvalue weighted by atomic mass is 9.99. The first-order chi connectivity index (χ1) is 12.0. The van der Waals surface area contributed by atoms with Gasteiger partial charge in [-0.1, -0.05) is 42.5 Å². The normalized spacial score (nSPS) is 10.5. The molecule has 1 aromatic heterocycles. The first-order valence-electron chi connectivity index (χ1n) is 8.01. The van der Waals surface area contributed by atoms with Crippen molar-refractivity contribution in [2.24, 2.45) is 0 Å². The summed E-state index contributed by atoms with van der Waals surface area (Å²) < 4.78 is 0. The van der Waals surface area contributed by atoms with Crippen molar-refractivity contribution >= 4 is 11.8 Å². The Kier molecular flexibility index (Phi) is 4.75. The van der Waals surface area contributed by atoms with Crippen LogP contribution in [-0.4, -0.2) is 21.0 Å². The van der Waals surface area contributed by atoms with Gasteiger partial charge < -0.3 is 10.4 Å². The molecule has 1 heterocycles. The van der Waals surface area contributed by atoms with Crippen LogP contribution in [0.2, 0.25) is 0 Å². The number of carbonyl (C=O) groups is 1. The van der Waals surface area contributed by atoms with Crippen molar-refractivity contribution in [2.45, 2.75) is 20.4 Å². The molecule has 0 aliphatic carbocycles. The molecule has 3 aromatic rings. The van der Waals surface area contributed by atoms with E-state index in [0.717, 1.165) is 34.0 Å². The lowest BCUT2D eigenvalue weighted by Crippen LogP contribution is -2.04. The molecule has 0 amide bonds. The van der Waals surface area contributed by atoms with Crippen LogP contribution >= 0.6 is 0 Å². The zero-order chi connectivity index (χ0) is 17.8. The molecular formula is C20H19N3O2. The van der Waals surface area contributed by atoms with Gasteiger partial charge in [0, 0.05) is 18.3 Å². The molecule has 0 radical (unpaired) electrons. The van der Waals surface area contributed by atoms with E-state index in [2.05, 4.69) is 15.3 Å². The summed E-state index contributed by atoms with van der Waals surface area (Å²) in [7, 11) is 0. The van der Waals surface area contributed by atoms with Gasteiger partial charge in [0.15, 0.2) is 0 Å². The largest absolute Gasteiger partial charge is 0.478 e. The quantitative estimate of drug-likeness (QED) is 0.736. The summed E-state index contributed by atoms with van der Waals surface area (Å²) >= 11 is 0. The highest BCUT2D eigenvalue weighted by Crippen LogP contribution is 2.24. The summed E-state index contributed by atoms with van der Waals surface area (Å²) in [6, 6.07) is 16.8. The monoisotopic (exact) mass is 333 g/mol. The van der Waals surface area contributed by atoms with Crippen LogP contribution in [0.5, 0.6) is 0 Å². The molecule has 5 nitrogen and oxygen atoms in total. The van der Waals surface area contributed by atoms with Crippen molar-refractivity contribution in [3.05, 3.63) is 77.2 Å². The van der Waals surface area contributed by atoms with Gasteiger partial charge in [-0.15, -0.1) is 0 Å². The van der Waals surface area contributed by atoms with E-state index < -0.39 is 5.97 Å². The lowest BCUT2D eigenvalue weighted by molar-refractivity contribution is 0.0697. The second kappa shape index (κ2) is 7.13. The standard InChI is InChI=1S/C20H19N3O2/c1-13-11-19(23-14(2)22-13)21-12-15-7-9-16(10-8-15)17-5-3-4-6-18(17)20(24)25/h3-11H,12H2,1-2H3,(H,24,25)(H,21,22,23). The van der Waals surface area contributed by atoms with Gasteiger partial charge in [-0.05, 0) is 36.6 Å². The maximum atomic E-state index is 11.4. The molecule has 5 heteroatoms. The molecule has 25 heavy (non-hydrogen) atoms. The van der Waals surface area contributed by atoms with E-state index in [1.165, 1.54) is 0 Å². The van der Waals surface area contributed by atoms with E-state index in [9.17, 15) is 9.90 Å². The molecule has 3 rings (SSSR count). The maximum absolute atomic E-state index is 11.4. The molecule has 0 saturated heterocycles. The Morgan fingerprint density at radius 3 is 2.44 bits per heavy atom. The first-order valence-corrected chi connectivity index (χ1v) is 8.01. The number of benzene rings is 2. The summed E-state index contributed by atoms with van der Waals surface area (Å²) in [4.78, 5) is 20.0. The number of hydrogen-bond donors (Lipinski definition) is 2. The Morgan fingerprint density at radius 2 is 1.76 bits per heavy atom. The third-order valence-electron chi connectivity index (χ3n) is 3.86. The highest BCUT2D eigenvalue weighted by atomic mass is 16.4. The predicted molar refractivity (Wildman–Crippen MR) is 97.7 cm³/mol. The highest BCUT2D eigenvalue weighted by Gasteiger charge is 2.10. The average molecular weight is 333 g/mol. The molecule has 2 aromatic carbocycles. The molecule has 0 aliphatic heterocycles. The summed E-state index contributed by atoms with van der Waals surface area (Å²) in [6.45, 7) is 4.44. The smallest absolute Gasteiger partial charge is 0.336 e. The Bertz CT molecular complexity index is 885. The van der Waals surface area contributed by atoms with Crippen LogP contribution in [0.3, 0.4) is 0 Å². The fourth-order valence-corrected chi connectivity index (χ4v) is 2.72. The van der Waals surface area contributed by atoms with Gasteiger partial charge in [-0.2, -0.15) is 0 Å². The van der Waals surface area contributed by atoms with Gasteiger partial charge in [0.2, 0.25) is 0 Å². The van der Waals surface area contributed by atoms with Crippen LogP contribution in [-0.2, 0) is 6.54 Å². The fraction of sp³-hybridized carbons (Fsp3) is 0.150. The van der Waals surface area contributed by atoms with Crippen molar-refractivity contribution in [2.75, 3.05) is 5.32 Å². The number of aromatic carboxylic acids is 1. The van der Waals surface area contributed by atoms with Gasteiger partial charge in [-0.25, -0.2) is 14.8 Å². The number of aromatic nitrogens is 2. The van der Waals surface area contributed by atoms with Gasteiger partial charge >= 0.3 is 5.97 Å². The minimum absolute atomic E-state index is 0.306. The molecule has 0 aliphatic rings. The van der Waals surface area contributed by atoms with Crippen molar-refractivity contribution < 1.29 is 9.90 Å². The minimum atomic E-state index is -0.921. The first kappa shape index (κ1) is 16.6. The molecule has 0 unspecified atom stereocenters. The van der Waals surface area contributed by atoms with Gasteiger partial charge in [0.1, 0.15) is 11.6 Å². The average Bonchev–Trinajstić information content (AvgIpc) is 2.59. The Balaban J connectivity index is 1.76.